The fraction of sp³-hybridized carbons (Fsp3) is 0.600. The Morgan fingerprint density at radius 1 is 1.36 bits per heavy atom. The van der Waals surface area contributed by atoms with Crippen LogP contribution in [0.4, 0.5) is 0 Å². The molecule has 2 rings (SSSR count). The Balaban J connectivity index is 2.26. The molecule has 1 aliphatic carbocycles. The minimum absolute atomic E-state index is 0.0793. The maximum Gasteiger partial charge on any atom is 0.268 e. The molecule has 1 heterocycles. The van der Waals surface area contributed by atoms with Crippen LogP contribution in [0.25, 0.3) is 0 Å². The summed E-state index contributed by atoms with van der Waals surface area (Å²) in [6.45, 7) is 0. The van der Waals surface area contributed by atoms with Crippen LogP contribution in [-0.4, -0.2) is 9.78 Å². The molecular weight excluding hydrogens is 200 g/mol. The van der Waals surface area contributed by atoms with Gasteiger partial charge < -0.3 is 0 Å². The molecule has 1 saturated carbocycles. The van der Waals surface area contributed by atoms with E-state index in [-0.39, 0.29) is 11.6 Å². The molecule has 1 fully saturated rings. The van der Waals surface area contributed by atoms with Crippen LogP contribution in [0.15, 0.2) is 17.1 Å². The maximum atomic E-state index is 11.6. The molecule has 3 nitrogen and oxygen atoms in total. The smallest absolute Gasteiger partial charge is 0.268 e. The SMILES string of the molecule is O=c1cc(Cl)cnn1C1CCCCC1. The van der Waals surface area contributed by atoms with Crippen molar-refractivity contribution >= 4 is 11.6 Å². The lowest BCUT2D eigenvalue weighted by Gasteiger charge is -2.22. The molecule has 0 saturated heterocycles. The predicted molar refractivity (Wildman–Crippen MR) is 55.6 cm³/mol. The van der Waals surface area contributed by atoms with Crippen molar-refractivity contribution in [1.82, 2.24) is 9.78 Å². The summed E-state index contributed by atoms with van der Waals surface area (Å²) in [7, 11) is 0. The van der Waals surface area contributed by atoms with E-state index >= 15 is 0 Å². The summed E-state index contributed by atoms with van der Waals surface area (Å²) >= 11 is 5.68. The first-order chi connectivity index (χ1) is 6.77. The predicted octanol–water partition coefficient (Wildman–Crippen LogP) is 2.40. The van der Waals surface area contributed by atoms with Gasteiger partial charge >= 0.3 is 0 Å². The standard InChI is InChI=1S/C10H13ClN2O/c11-8-6-10(14)13(12-7-8)9-4-2-1-3-5-9/h6-7,9H,1-5H2. The van der Waals surface area contributed by atoms with E-state index in [0.29, 0.717) is 5.02 Å². The zero-order chi connectivity index (χ0) is 9.97. The van der Waals surface area contributed by atoms with Gasteiger partial charge in [0.15, 0.2) is 0 Å². The second kappa shape index (κ2) is 4.13. The third-order valence-corrected chi connectivity index (χ3v) is 2.92. The van der Waals surface area contributed by atoms with Crippen molar-refractivity contribution in [2.24, 2.45) is 0 Å². The molecule has 0 bridgehead atoms. The number of aromatic nitrogens is 2. The molecule has 0 aromatic carbocycles. The molecule has 4 heteroatoms. The van der Waals surface area contributed by atoms with Gasteiger partial charge in [-0.25, -0.2) is 4.68 Å². The quantitative estimate of drug-likeness (QED) is 0.717. The van der Waals surface area contributed by atoms with Gasteiger partial charge in [0.05, 0.1) is 17.3 Å². The molecule has 14 heavy (non-hydrogen) atoms. The summed E-state index contributed by atoms with van der Waals surface area (Å²) in [5.41, 5.74) is -0.0793. The third kappa shape index (κ3) is 1.98. The van der Waals surface area contributed by atoms with Gasteiger partial charge in [0.25, 0.3) is 5.56 Å². The normalized spacial score (nSPS) is 18.4. The number of rotatable bonds is 1. The van der Waals surface area contributed by atoms with E-state index in [1.165, 1.54) is 31.5 Å². The molecule has 0 radical (unpaired) electrons. The summed E-state index contributed by atoms with van der Waals surface area (Å²) < 4.78 is 1.57. The second-order valence-electron chi connectivity index (χ2n) is 3.75. The van der Waals surface area contributed by atoms with Gasteiger partial charge in [0, 0.05) is 6.07 Å². The van der Waals surface area contributed by atoms with E-state index < -0.39 is 0 Å². The molecule has 1 aromatic rings. The van der Waals surface area contributed by atoms with Crippen LogP contribution in [0, 0.1) is 0 Å². The Morgan fingerprint density at radius 3 is 2.71 bits per heavy atom. The van der Waals surface area contributed by atoms with Crippen LogP contribution in [0.2, 0.25) is 5.02 Å². The number of hydrogen-bond donors (Lipinski definition) is 0. The number of hydrogen-bond acceptors (Lipinski definition) is 2. The van der Waals surface area contributed by atoms with Crippen LogP contribution in [0.1, 0.15) is 38.1 Å². The second-order valence-corrected chi connectivity index (χ2v) is 4.18. The highest BCUT2D eigenvalue weighted by atomic mass is 35.5. The molecule has 0 atom stereocenters. The monoisotopic (exact) mass is 212 g/mol. The molecule has 1 aromatic heterocycles. The first kappa shape index (κ1) is 9.71. The average Bonchev–Trinajstić information content (AvgIpc) is 2.19. The molecule has 0 N–H and O–H groups in total. The van der Waals surface area contributed by atoms with E-state index in [1.54, 1.807) is 4.68 Å². The van der Waals surface area contributed by atoms with Gasteiger partial charge in [0.2, 0.25) is 0 Å². The molecule has 0 spiro atoms. The van der Waals surface area contributed by atoms with Gasteiger partial charge in [-0.3, -0.25) is 4.79 Å². The Kier molecular flexibility index (Phi) is 2.87. The van der Waals surface area contributed by atoms with Crippen molar-refractivity contribution < 1.29 is 0 Å². The van der Waals surface area contributed by atoms with Crippen molar-refractivity contribution in [3.8, 4) is 0 Å². The Morgan fingerprint density at radius 2 is 2.07 bits per heavy atom. The summed E-state index contributed by atoms with van der Waals surface area (Å²) in [6, 6.07) is 1.72. The molecular formula is C10H13ClN2O. The third-order valence-electron chi connectivity index (χ3n) is 2.71. The molecule has 0 unspecified atom stereocenters. The largest absolute Gasteiger partial charge is 0.268 e. The first-order valence-electron chi connectivity index (χ1n) is 5.02. The summed E-state index contributed by atoms with van der Waals surface area (Å²) in [5, 5.41) is 4.49. The minimum atomic E-state index is -0.0793. The highest BCUT2D eigenvalue weighted by Crippen LogP contribution is 2.26. The van der Waals surface area contributed by atoms with Gasteiger partial charge in [-0.1, -0.05) is 30.9 Å². The summed E-state index contributed by atoms with van der Waals surface area (Å²) in [6.07, 6.45) is 7.34. The van der Waals surface area contributed by atoms with Gasteiger partial charge in [-0.15, -0.1) is 0 Å². The summed E-state index contributed by atoms with van der Waals surface area (Å²) in [5.74, 6) is 0. The lowest BCUT2D eigenvalue weighted by Crippen LogP contribution is -2.27. The minimum Gasteiger partial charge on any atom is -0.268 e. The average molecular weight is 213 g/mol. The van der Waals surface area contributed by atoms with E-state index in [2.05, 4.69) is 5.10 Å². The summed E-state index contributed by atoms with van der Waals surface area (Å²) in [4.78, 5) is 11.6. The number of nitrogens with zero attached hydrogens (tertiary/aromatic N) is 2. The molecule has 0 aliphatic heterocycles. The highest BCUT2D eigenvalue weighted by Gasteiger charge is 2.16. The fourth-order valence-corrected chi connectivity index (χ4v) is 2.13. The van der Waals surface area contributed by atoms with Crippen LogP contribution in [0.5, 0.6) is 0 Å². The first-order valence-corrected chi connectivity index (χ1v) is 5.39. The van der Waals surface area contributed by atoms with Crippen molar-refractivity contribution in [2.45, 2.75) is 38.1 Å². The lowest BCUT2D eigenvalue weighted by atomic mass is 9.96. The van der Waals surface area contributed by atoms with E-state index in [9.17, 15) is 4.79 Å². The number of halogens is 1. The van der Waals surface area contributed by atoms with Crippen LogP contribution in [0.3, 0.4) is 0 Å². The van der Waals surface area contributed by atoms with Crippen molar-refractivity contribution in [3.63, 3.8) is 0 Å². The Bertz CT molecular complexity index is 369. The highest BCUT2D eigenvalue weighted by molar-refractivity contribution is 6.30. The Labute approximate surface area is 87.7 Å². The van der Waals surface area contributed by atoms with Crippen LogP contribution >= 0.6 is 11.6 Å². The Hall–Kier alpha value is -0.830. The van der Waals surface area contributed by atoms with E-state index in [0.717, 1.165) is 12.8 Å². The molecule has 0 amide bonds. The topological polar surface area (TPSA) is 34.9 Å². The van der Waals surface area contributed by atoms with Crippen molar-refractivity contribution in [1.29, 1.82) is 0 Å². The lowest BCUT2D eigenvalue weighted by molar-refractivity contribution is 0.318. The molecule has 76 valence electrons. The van der Waals surface area contributed by atoms with Crippen molar-refractivity contribution in [2.75, 3.05) is 0 Å². The van der Waals surface area contributed by atoms with Crippen LogP contribution in [-0.2, 0) is 0 Å². The van der Waals surface area contributed by atoms with Crippen LogP contribution < -0.4 is 5.56 Å². The fourth-order valence-electron chi connectivity index (χ4n) is 2.00. The van der Waals surface area contributed by atoms with Gasteiger partial charge in [0.1, 0.15) is 0 Å². The van der Waals surface area contributed by atoms with Gasteiger partial charge in [-0.05, 0) is 12.8 Å². The van der Waals surface area contributed by atoms with E-state index in [4.69, 9.17) is 11.6 Å². The molecule has 1 aliphatic rings. The zero-order valence-corrected chi connectivity index (χ0v) is 8.70. The van der Waals surface area contributed by atoms with Gasteiger partial charge in [-0.2, -0.15) is 5.10 Å². The maximum absolute atomic E-state index is 11.6. The zero-order valence-electron chi connectivity index (χ0n) is 7.95. The van der Waals surface area contributed by atoms with Crippen molar-refractivity contribution in [3.05, 3.63) is 27.6 Å². The van der Waals surface area contributed by atoms with E-state index in [1.807, 2.05) is 0 Å².